The van der Waals surface area contributed by atoms with E-state index in [1.807, 2.05) is 20.8 Å². The van der Waals surface area contributed by atoms with Crippen LogP contribution in [0.1, 0.15) is 77.5 Å². The third kappa shape index (κ3) is 8.74. The maximum atomic E-state index is 13.3. The molecule has 1 saturated heterocycles. The number of nitrogens with zero attached hydrogens (tertiary/aromatic N) is 2. The first-order chi connectivity index (χ1) is 14.6. The first kappa shape index (κ1) is 26.7. The van der Waals surface area contributed by atoms with E-state index in [-0.39, 0.29) is 17.9 Å². The van der Waals surface area contributed by atoms with Crippen LogP contribution in [-0.4, -0.2) is 53.1 Å². The monoisotopic (exact) mass is 456 g/mol. The fourth-order valence-electron chi connectivity index (χ4n) is 3.98. The first-order valence-electron chi connectivity index (χ1n) is 11.5. The van der Waals surface area contributed by atoms with Gasteiger partial charge in [0.05, 0.1) is 5.56 Å². The summed E-state index contributed by atoms with van der Waals surface area (Å²) in [7, 11) is 0. The molecule has 32 heavy (non-hydrogen) atoms. The number of unbranched alkanes of at least 4 members (excludes halogenated alkanes) is 1. The van der Waals surface area contributed by atoms with Crippen molar-refractivity contribution in [3.8, 4) is 0 Å². The predicted molar refractivity (Wildman–Crippen MR) is 121 cm³/mol. The lowest BCUT2D eigenvalue weighted by atomic mass is 9.97. The van der Waals surface area contributed by atoms with E-state index in [9.17, 15) is 18.0 Å². The highest BCUT2D eigenvalue weighted by atomic mass is 19.4. The zero-order valence-electron chi connectivity index (χ0n) is 20.4. The van der Waals surface area contributed by atoms with Crippen LogP contribution in [0.15, 0.2) is 18.2 Å². The van der Waals surface area contributed by atoms with Gasteiger partial charge in [0, 0.05) is 44.7 Å². The largest absolute Gasteiger partial charge is 0.460 e. The van der Waals surface area contributed by atoms with E-state index < -0.39 is 17.3 Å². The van der Waals surface area contributed by atoms with Gasteiger partial charge in [0.2, 0.25) is 0 Å². The predicted octanol–water partition coefficient (Wildman–Crippen LogP) is 5.68. The second kappa shape index (κ2) is 10.6. The fourth-order valence-corrected chi connectivity index (χ4v) is 3.98. The van der Waals surface area contributed by atoms with Crippen molar-refractivity contribution in [1.82, 2.24) is 9.80 Å². The number of halogens is 3. The number of carbonyl (C=O) groups excluding carboxylic acids is 1. The van der Waals surface area contributed by atoms with Crippen molar-refractivity contribution < 1.29 is 22.7 Å². The van der Waals surface area contributed by atoms with Gasteiger partial charge in [0.15, 0.2) is 0 Å². The number of alkyl halides is 3. The van der Waals surface area contributed by atoms with Crippen molar-refractivity contribution >= 4 is 5.97 Å². The van der Waals surface area contributed by atoms with Gasteiger partial charge in [-0.15, -0.1) is 0 Å². The lowest BCUT2D eigenvalue weighted by Crippen LogP contribution is -2.53. The summed E-state index contributed by atoms with van der Waals surface area (Å²) in [5.41, 5.74) is 0.657. The molecule has 0 radical (unpaired) electrons. The number of carbonyl (C=O) groups is 1. The molecule has 0 spiro atoms. The van der Waals surface area contributed by atoms with E-state index in [4.69, 9.17) is 4.74 Å². The topological polar surface area (TPSA) is 32.8 Å². The summed E-state index contributed by atoms with van der Waals surface area (Å²) in [5, 5.41) is 0. The van der Waals surface area contributed by atoms with Crippen LogP contribution in [0.5, 0.6) is 0 Å². The van der Waals surface area contributed by atoms with Crippen molar-refractivity contribution in [1.29, 1.82) is 0 Å². The molecular formula is C25H39F3N2O2. The number of rotatable bonds is 7. The summed E-state index contributed by atoms with van der Waals surface area (Å²) in [4.78, 5) is 16.7. The van der Waals surface area contributed by atoms with Gasteiger partial charge in [-0.2, -0.15) is 13.2 Å². The Hall–Kier alpha value is -1.60. The summed E-state index contributed by atoms with van der Waals surface area (Å²) in [5.74, 6) is -0.265. The number of hydrogen-bond donors (Lipinski definition) is 0. The second-order valence-electron chi connectivity index (χ2n) is 10.7. The average molecular weight is 457 g/mol. The third-order valence-electron chi connectivity index (χ3n) is 5.75. The Kier molecular flexibility index (Phi) is 8.79. The molecule has 0 amide bonds. The Balaban J connectivity index is 2.00. The smallest absolute Gasteiger partial charge is 0.416 e. The molecule has 1 aromatic carbocycles. The molecule has 182 valence electrons. The highest BCUT2D eigenvalue weighted by Gasteiger charge is 2.31. The molecular weight excluding hydrogens is 417 g/mol. The van der Waals surface area contributed by atoms with E-state index in [0.29, 0.717) is 25.8 Å². The molecule has 4 nitrogen and oxygen atoms in total. The minimum absolute atomic E-state index is 0.125. The van der Waals surface area contributed by atoms with E-state index in [2.05, 4.69) is 30.6 Å². The summed E-state index contributed by atoms with van der Waals surface area (Å²) in [6, 6.07) is 4.10. The van der Waals surface area contributed by atoms with Crippen LogP contribution in [0.2, 0.25) is 0 Å². The summed E-state index contributed by atoms with van der Waals surface area (Å²) >= 11 is 0. The SMILES string of the molecule is CC(C)(C)OC(=O)CCCCc1cc(C(F)(F)F)ccc1CN1CCN(C(C)(C)C)CC1. The van der Waals surface area contributed by atoms with E-state index >= 15 is 0 Å². The fraction of sp³-hybridized carbons (Fsp3) is 0.720. The minimum Gasteiger partial charge on any atom is -0.460 e. The Morgan fingerprint density at radius 2 is 1.56 bits per heavy atom. The molecule has 7 heteroatoms. The number of ether oxygens (including phenoxy) is 1. The number of piperazine rings is 1. The Morgan fingerprint density at radius 3 is 2.09 bits per heavy atom. The zero-order chi connectivity index (χ0) is 24.2. The molecule has 1 aromatic rings. The van der Waals surface area contributed by atoms with Gasteiger partial charge in [-0.25, -0.2) is 0 Å². The Bertz CT molecular complexity index is 756. The van der Waals surface area contributed by atoms with E-state index in [0.717, 1.165) is 37.3 Å². The first-order valence-corrected chi connectivity index (χ1v) is 11.5. The molecule has 0 aliphatic carbocycles. The lowest BCUT2D eigenvalue weighted by molar-refractivity contribution is -0.154. The van der Waals surface area contributed by atoms with Gasteiger partial charge in [0.25, 0.3) is 0 Å². The maximum Gasteiger partial charge on any atom is 0.416 e. The van der Waals surface area contributed by atoms with E-state index in [1.54, 1.807) is 6.07 Å². The highest BCUT2D eigenvalue weighted by molar-refractivity contribution is 5.69. The van der Waals surface area contributed by atoms with Crippen LogP contribution in [0.3, 0.4) is 0 Å². The summed E-state index contributed by atoms with van der Waals surface area (Å²) in [6.45, 7) is 16.4. The summed E-state index contributed by atoms with van der Waals surface area (Å²) < 4.78 is 45.2. The van der Waals surface area contributed by atoms with Crippen LogP contribution in [-0.2, 0) is 28.7 Å². The number of benzene rings is 1. The van der Waals surface area contributed by atoms with Gasteiger partial charge in [-0.1, -0.05) is 6.07 Å². The van der Waals surface area contributed by atoms with Gasteiger partial charge < -0.3 is 4.74 Å². The molecule has 2 rings (SSSR count). The summed E-state index contributed by atoms with van der Waals surface area (Å²) in [6.07, 6.45) is -2.33. The number of esters is 1. The number of hydrogen-bond acceptors (Lipinski definition) is 4. The average Bonchev–Trinajstić information content (AvgIpc) is 2.63. The van der Waals surface area contributed by atoms with Crippen LogP contribution < -0.4 is 0 Å². The number of aryl methyl sites for hydroxylation is 1. The van der Waals surface area contributed by atoms with Crippen LogP contribution >= 0.6 is 0 Å². The van der Waals surface area contributed by atoms with Crippen molar-refractivity contribution in [2.75, 3.05) is 26.2 Å². The molecule has 1 aliphatic rings. The zero-order valence-corrected chi connectivity index (χ0v) is 20.4. The molecule has 0 saturated carbocycles. The van der Waals surface area contributed by atoms with Gasteiger partial charge in [0.1, 0.15) is 5.60 Å². The van der Waals surface area contributed by atoms with Crippen molar-refractivity contribution in [3.05, 3.63) is 34.9 Å². The lowest BCUT2D eigenvalue weighted by Gasteiger charge is -2.42. The molecule has 1 fully saturated rings. The third-order valence-corrected chi connectivity index (χ3v) is 5.75. The normalized spacial score (nSPS) is 16.9. The van der Waals surface area contributed by atoms with Crippen molar-refractivity contribution in [2.24, 2.45) is 0 Å². The van der Waals surface area contributed by atoms with E-state index in [1.165, 1.54) is 12.1 Å². The maximum absolute atomic E-state index is 13.3. The quantitative estimate of drug-likeness (QED) is 0.391. The van der Waals surface area contributed by atoms with Crippen LogP contribution in [0, 0.1) is 0 Å². The van der Waals surface area contributed by atoms with Gasteiger partial charge in [-0.05, 0) is 84.1 Å². The minimum atomic E-state index is -4.36. The highest BCUT2D eigenvalue weighted by Crippen LogP contribution is 2.31. The second-order valence-corrected chi connectivity index (χ2v) is 10.7. The standard InChI is InChI=1S/C25H39F3N2O2/c1-23(2,3)30-15-13-29(14-16-30)18-20-11-12-21(25(26,27)28)17-19(20)9-7-8-10-22(31)32-24(4,5)6/h11-12,17H,7-10,13-16,18H2,1-6H3. The molecule has 0 bridgehead atoms. The Labute approximate surface area is 191 Å². The van der Waals surface area contributed by atoms with Crippen molar-refractivity contribution in [2.45, 2.75) is 91.1 Å². The molecule has 0 atom stereocenters. The molecule has 0 aromatic heterocycles. The van der Waals surface area contributed by atoms with Gasteiger partial charge >= 0.3 is 12.1 Å². The van der Waals surface area contributed by atoms with Crippen LogP contribution in [0.25, 0.3) is 0 Å². The molecule has 0 N–H and O–H groups in total. The van der Waals surface area contributed by atoms with Crippen molar-refractivity contribution in [3.63, 3.8) is 0 Å². The molecule has 1 heterocycles. The van der Waals surface area contributed by atoms with Gasteiger partial charge in [-0.3, -0.25) is 14.6 Å². The molecule has 0 unspecified atom stereocenters. The van der Waals surface area contributed by atoms with Crippen LogP contribution in [0.4, 0.5) is 13.2 Å². The molecule has 1 aliphatic heterocycles. The Morgan fingerprint density at radius 1 is 0.938 bits per heavy atom.